The molecule has 0 unspecified atom stereocenters. The van der Waals surface area contributed by atoms with Crippen LogP contribution in [0.1, 0.15) is 49.5 Å². The maximum atomic E-state index is 12.7. The van der Waals surface area contributed by atoms with Gasteiger partial charge in [-0.05, 0) is 38.0 Å². The van der Waals surface area contributed by atoms with Crippen molar-refractivity contribution in [1.29, 1.82) is 0 Å². The average molecular weight is 338 g/mol. The maximum absolute atomic E-state index is 12.7. The minimum Gasteiger partial charge on any atom is -0.361 e. The molecular weight excluding hydrogens is 316 g/mol. The van der Waals surface area contributed by atoms with Gasteiger partial charge in [-0.1, -0.05) is 5.16 Å². The van der Waals surface area contributed by atoms with E-state index in [0.29, 0.717) is 30.6 Å². The molecule has 23 heavy (non-hydrogen) atoms. The average Bonchev–Trinajstić information content (AvgIpc) is 3.38. The molecule has 0 aromatic carbocycles. The van der Waals surface area contributed by atoms with Gasteiger partial charge in [-0.3, -0.25) is 4.79 Å². The summed E-state index contributed by atoms with van der Waals surface area (Å²) in [6, 6.07) is 1.73. The Kier molecular flexibility index (Phi) is 3.70. The summed E-state index contributed by atoms with van der Waals surface area (Å²) in [6.45, 7) is 0.531. The summed E-state index contributed by atoms with van der Waals surface area (Å²) in [5, 5.41) is 4.04. The number of amides is 1. The molecule has 0 radical (unpaired) electrons. The first-order valence-corrected chi connectivity index (χ1v) is 10.3. The number of aromatic nitrogens is 1. The Bertz CT molecular complexity index is 703. The molecule has 2 aliphatic carbocycles. The molecule has 126 valence electrons. The number of sulfone groups is 1. The predicted molar refractivity (Wildman–Crippen MR) is 83.7 cm³/mol. The van der Waals surface area contributed by atoms with E-state index in [1.807, 2.05) is 6.07 Å². The van der Waals surface area contributed by atoms with Crippen LogP contribution < -0.4 is 0 Å². The molecule has 1 aliphatic heterocycles. The zero-order chi connectivity index (χ0) is 16.0. The van der Waals surface area contributed by atoms with Crippen LogP contribution in [0.2, 0.25) is 0 Å². The maximum Gasteiger partial charge on any atom is 0.230 e. The molecule has 4 rings (SSSR count). The summed E-state index contributed by atoms with van der Waals surface area (Å²) < 4.78 is 29.4. The van der Waals surface area contributed by atoms with Crippen molar-refractivity contribution in [3.05, 3.63) is 17.5 Å². The first-order chi connectivity index (χ1) is 11.0. The molecule has 1 atom stereocenters. The number of hydrogen-bond donors (Lipinski definition) is 0. The van der Waals surface area contributed by atoms with E-state index in [1.165, 1.54) is 0 Å². The molecule has 2 saturated carbocycles. The van der Waals surface area contributed by atoms with Gasteiger partial charge < -0.3 is 9.42 Å². The van der Waals surface area contributed by atoms with E-state index in [-0.39, 0.29) is 29.9 Å². The van der Waals surface area contributed by atoms with Crippen molar-refractivity contribution in [3.8, 4) is 0 Å². The summed E-state index contributed by atoms with van der Waals surface area (Å²) in [6.07, 6.45) is 5.06. The van der Waals surface area contributed by atoms with Crippen molar-refractivity contribution in [3.63, 3.8) is 0 Å². The normalized spacial score (nSPS) is 27.7. The van der Waals surface area contributed by atoms with E-state index in [0.717, 1.165) is 31.4 Å². The molecule has 0 bridgehead atoms. The minimum absolute atomic E-state index is 0.0301. The SMILES string of the molecule is O=C(Cc1cc(C2CC2)no1)N1CCCS(=O)(=O)C[C@H]1C1CC1. The molecule has 1 amide bonds. The summed E-state index contributed by atoms with van der Waals surface area (Å²) in [4.78, 5) is 14.5. The van der Waals surface area contributed by atoms with Gasteiger partial charge in [0, 0.05) is 24.6 Å². The van der Waals surface area contributed by atoms with Crippen molar-refractivity contribution in [2.75, 3.05) is 18.1 Å². The predicted octanol–water partition coefficient (Wildman–Crippen LogP) is 1.52. The van der Waals surface area contributed by atoms with Crippen LogP contribution in [0.4, 0.5) is 0 Å². The van der Waals surface area contributed by atoms with E-state index in [9.17, 15) is 13.2 Å². The second-order valence-electron chi connectivity index (χ2n) is 7.13. The lowest BCUT2D eigenvalue weighted by Gasteiger charge is -2.29. The summed E-state index contributed by atoms with van der Waals surface area (Å²) in [5.41, 5.74) is 0.949. The van der Waals surface area contributed by atoms with Crippen LogP contribution in [-0.4, -0.2) is 48.5 Å². The van der Waals surface area contributed by atoms with Crippen molar-refractivity contribution < 1.29 is 17.7 Å². The first-order valence-electron chi connectivity index (χ1n) is 8.47. The highest BCUT2D eigenvalue weighted by atomic mass is 32.2. The third kappa shape index (κ3) is 3.44. The van der Waals surface area contributed by atoms with E-state index in [2.05, 4.69) is 5.16 Å². The summed E-state index contributed by atoms with van der Waals surface area (Å²) in [7, 11) is -3.04. The van der Waals surface area contributed by atoms with E-state index in [1.54, 1.807) is 4.90 Å². The van der Waals surface area contributed by atoms with Gasteiger partial charge >= 0.3 is 0 Å². The largest absolute Gasteiger partial charge is 0.361 e. The number of rotatable bonds is 4. The van der Waals surface area contributed by atoms with Crippen molar-refractivity contribution in [2.24, 2.45) is 5.92 Å². The number of carbonyl (C=O) groups excluding carboxylic acids is 1. The first kappa shape index (κ1) is 15.2. The lowest BCUT2D eigenvalue weighted by atomic mass is 10.1. The molecule has 0 N–H and O–H groups in total. The van der Waals surface area contributed by atoms with Gasteiger partial charge in [-0.25, -0.2) is 8.42 Å². The van der Waals surface area contributed by atoms with E-state index in [4.69, 9.17) is 4.52 Å². The van der Waals surface area contributed by atoms with Gasteiger partial charge in [0.15, 0.2) is 9.84 Å². The summed E-state index contributed by atoms with van der Waals surface area (Å²) in [5.74, 6) is 1.73. The number of nitrogens with zero attached hydrogens (tertiary/aromatic N) is 2. The van der Waals surface area contributed by atoms with Crippen LogP contribution in [0.3, 0.4) is 0 Å². The van der Waals surface area contributed by atoms with Gasteiger partial charge in [-0.2, -0.15) is 0 Å². The second kappa shape index (κ2) is 5.61. The van der Waals surface area contributed by atoms with Crippen LogP contribution in [0.5, 0.6) is 0 Å². The lowest BCUT2D eigenvalue weighted by molar-refractivity contribution is -0.133. The van der Waals surface area contributed by atoms with Gasteiger partial charge in [0.05, 0.1) is 23.6 Å². The topological polar surface area (TPSA) is 80.5 Å². The van der Waals surface area contributed by atoms with Crippen molar-refractivity contribution in [2.45, 2.75) is 50.5 Å². The standard InChI is InChI=1S/C16H22N2O4S/c19-16(9-13-8-14(17-22-13)11-2-3-11)18-6-1-7-23(20,21)10-15(18)12-4-5-12/h8,11-12,15H,1-7,9-10H2/t15-/m0/s1. The van der Waals surface area contributed by atoms with Crippen molar-refractivity contribution >= 4 is 15.7 Å². The van der Waals surface area contributed by atoms with Crippen LogP contribution >= 0.6 is 0 Å². The van der Waals surface area contributed by atoms with Gasteiger partial charge in [0.2, 0.25) is 5.91 Å². The zero-order valence-electron chi connectivity index (χ0n) is 13.1. The third-order valence-electron chi connectivity index (χ3n) is 5.06. The molecule has 1 saturated heterocycles. The second-order valence-corrected chi connectivity index (χ2v) is 9.36. The molecule has 3 fully saturated rings. The Morgan fingerprint density at radius 2 is 2.09 bits per heavy atom. The highest BCUT2D eigenvalue weighted by Gasteiger charge is 2.41. The van der Waals surface area contributed by atoms with Gasteiger partial charge in [0.25, 0.3) is 0 Å². The van der Waals surface area contributed by atoms with Crippen LogP contribution in [0.25, 0.3) is 0 Å². The number of hydrogen-bond acceptors (Lipinski definition) is 5. The van der Waals surface area contributed by atoms with Gasteiger partial charge in [0.1, 0.15) is 5.76 Å². The Hall–Kier alpha value is -1.37. The molecule has 6 nitrogen and oxygen atoms in total. The fourth-order valence-corrected chi connectivity index (χ4v) is 5.18. The molecule has 0 spiro atoms. The highest BCUT2D eigenvalue weighted by Crippen LogP contribution is 2.40. The van der Waals surface area contributed by atoms with E-state index >= 15 is 0 Å². The Morgan fingerprint density at radius 1 is 1.30 bits per heavy atom. The third-order valence-corrected chi connectivity index (χ3v) is 6.82. The quantitative estimate of drug-likeness (QED) is 0.831. The van der Waals surface area contributed by atoms with Crippen LogP contribution in [-0.2, 0) is 21.1 Å². The molecule has 3 aliphatic rings. The number of carbonyl (C=O) groups is 1. The highest BCUT2D eigenvalue weighted by molar-refractivity contribution is 7.91. The molecule has 1 aromatic heterocycles. The fourth-order valence-electron chi connectivity index (χ4n) is 3.47. The van der Waals surface area contributed by atoms with Gasteiger partial charge in [-0.15, -0.1) is 0 Å². The van der Waals surface area contributed by atoms with E-state index < -0.39 is 9.84 Å². The van der Waals surface area contributed by atoms with Crippen molar-refractivity contribution in [1.82, 2.24) is 10.1 Å². The monoisotopic (exact) mass is 338 g/mol. The summed E-state index contributed by atoms with van der Waals surface area (Å²) >= 11 is 0. The fraction of sp³-hybridized carbons (Fsp3) is 0.750. The molecule has 2 heterocycles. The smallest absolute Gasteiger partial charge is 0.230 e. The molecular formula is C16H22N2O4S. The van der Waals surface area contributed by atoms with Crippen LogP contribution in [0.15, 0.2) is 10.6 Å². The molecule has 7 heteroatoms. The lowest BCUT2D eigenvalue weighted by Crippen LogP contribution is -2.44. The Morgan fingerprint density at radius 3 is 2.78 bits per heavy atom. The zero-order valence-corrected chi connectivity index (χ0v) is 13.9. The Balaban J connectivity index is 1.48. The minimum atomic E-state index is -3.04. The Labute approximate surface area is 136 Å². The van der Waals surface area contributed by atoms with Crippen LogP contribution in [0, 0.1) is 5.92 Å². The molecule has 1 aromatic rings.